The van der Waals surface area contributed by atoms with Crippen molar-refractivity contribution in [3.8, 4) is 0 Å². The van der Waals surface area contributed by atoms with Gasteiger partial charge in [-0.1, -0.05) is 78.6 Å². The Labute approximate surface area is 195 Å². The fourth-order valence-electron chi connectivity index (χ4n) is 2.90. The molecule has 0 spiro atoms. The van der Waals surface area contributed by atoms with Gasteiger partial charge in [0.2, 0.25) is 0 Å². The van der Waals surface area contributed by atoms with E-state index in [1.165, 1.54) is 11.8 Å². The smallest absolute Gasteiger partial charge is 0.253 e. The highest BCUT2D eigenvalue weighted by atomic mass is 35.5. The standard InChI is InChI=1S/C21H21Cl3N4OS/c1-12(2)18(25-20(29)15-6-4-5-7-16(15)23)19-26-27-21(28(19)3)30-11-13-8-9-14(22)10-17(13)24/h4-10,12,18H,11H2,1-3H3,(H,25,29)/t18-/m0/s1. The molecular formula is C21H21Cl3N4OS. The summed E-state index contributed by atoms with van der Waals surface area (Å²) in [5.74, 6) is 1.16. The van der Waals surface area contributed by atoms with Gasteiger partial charge in [0.1, 0.15) is 0 Å². The van der Waals surface area contributed by atoms with E-state index in [0.717, 1.165) is 10.7 Å². The fraction of sp³-hybridized carbons (Fsp3) is 0.286. The van der Waals surface area contributed by atoms with Crippen LogP contribution in [0.1, 0.15) is 41.6 Å². The third kappa shape index (κ3) is 5.30. The summed E-state index contributed by atoms with van der Waals surface area (Å²) in [5, 5.41) is 14.1. The zero-order valence-electron chi connectivity index (χ0n) is 16.7. The Kier molecular flexibility index (Phi) is 7.69. The molecule has 0 aliphatic rings. The van der Waals surface area contributed by atoms with Crippen molar-refractivity contribution in [1.29, 1.82) is 0 Å². The normalized spacial score (nSPS) is 12.2. The number of halogens is 3. The highest BCUT2D eigenvalue weighted by Gasteiger charge is 2.26. The summed E-state index contributed by atoms with van der Waals surface area (Å²) >= 11 is 19.9. The van der Waals surface area contributed by atoms with Crippen LogP contribution < -0.4 is 5.32 Å². The molecule has 3 aromatic rings. The number of carbonyl (C=O) groups is 1. The quantitative estimate of drug-likeness (QED) is 0.407. The van der Waals surface area contributed by atoms with Crippen molar-refractivity contribution in [3.63, 3.8) is 0 Å². The first-order valence-electron chi connectivity index (χ1n) is 9.29. The van der Waals surface area contributed by atoms with Crippen LogP contribution in [0.15, 0.2) is 47.6 Å². The fourth-order valence-corrected chi connectivity index (χ4v) is 4.60. The highest BCUT2D eigenvalue weighted by molar-refractivity contribution is 7.98. The first kappa shape index (κ1) is 22.9. The summed E-state index contributed by atoms with van der Waals surface area (Å²) in [6.45, 7) is 4.04. The molecule has 1 aromatic heterocycles. The van der Waals surface area contributed by atoms with Gasteiger partial charge in [0, 0.05) is 22.8 Å². The molecule has 9 heteroatoms. The molecule has 0 aliphatic heterocycles. The molecule has 0 fully saturated rings. The largest absolute Gasteiger partial charge is 0.342 e. The lowest BCUT2D eigenvalue weighted by atomic mass is 10.0. The molecule has 0 saturated heterocycles. The van der Waals surface area contributed by atoms with Gasteiger partial charge in [-0.15, -0.1) is 10.2 Å². The molecule has 0 radical (unpaired) electrons. The van der Waals surface area contributed by atoms with Crippen LogP contribution in [0.5, 0.6) is 0 Å². The Bertz CT molecular complexity index is 1050. The zero-order valence-corrected chi connectivity index (χ0v) is 19.8. The summed E-state index contributed by atoms with van der Waals surface area (Å²) in [5.41, 5.74) is 1.39. The number of aromatic nitrogens is 3. The number of amides is 1. The van der Waals surface area contributed by atoms with Crippen LogP contribution in [-0.2, 0) is 12.8 Å². The topological polar surface area (TPSA) is 59.8 Å². The second-order valence-electron chi connectivity index (χ2n) is 7.10. The number of carbonyl (C=O) groups excluding carboxylic acids is 1. The summed E-state index contributed by atoms with van der Waals surface area (Å²) in [4.78, 5) is 12.8. The van der Waals surface area contributed by atoms with Gasteiger partial charge in [-0.05, 0) is 35.7 Å². The average Bonchev–Trinajstić information content (AvgIpc) is 3.05. The van der Waals surface area contributed by atoms with E-state index in [9.17, 15) is 4.79 Å². The third-order valence-corrected chi connectivity index (χ3v) is 6.58. The van der Waals surface area contributed by atoms with E-state index in [4.69, 9.17) is 34.8 Å². The molecule has 0 saturated carbocycles. The molecule has 1 atom stereocenters. The number of benzene rings is 2. The monoisotopic (exact) mass is 482 g/mol. The van der Waals surface area contributed by atoms with Gasteiger partial charge >= 0.3 is 0 Å². The van der Waals surface area contributed by atoms with Crippen molar-refractivity contribution in [3.05, 3.63) is 74.5 Å². The molecule has 1 N–H and O–H groups in total. The molecule has 0 bridgehead atoms. The van der Waals surface area contributed by atoms with Crippen LogP contribution in [0.2, 0.25) is 15.1 Å². The number of nitrogens with one attached hydrogen (secondary N) is 1. The maximum atomic E-state index is 12.8. The van der Waals surface area contributed by atoms with Gasteiger partial charge in [-0.2, -0.15) is 0 Å². The second-order valence-corrected chi connectivity index (χ2v) is 9.29. The van der Waals surface area contributed by atoms with Crippen molar-refractivity contribution < 1.29 is 4.79 Å². The van der Waals surface area contributed by atoms with Gasteiger partial charge in [-0.25, -0.2) is 0 Å². The maximum absolute atomic E-state index is 12.8. The van der Waals surface area contributed by atoms with Gasteiger partial charge in [0.15, 0.2) is 11.0 Å². The number of hydrogen-bond donors (Lipinski definition) is 1. The minimum atomic E-state index is -0.320. The van der Waals surface area contributed by atoms with Crippen LogP contribution in [0.3, 0.4) is 0 Å². The van der Waals surface area contributed by atoms with Crippen molar-refractivity contribution in [2.45, 2.75) is 30.8 Å². The second kappa shape index (κ2) is 10.1. The summed E-state index contributed by atoms with van der Waals surface area (Å²) in [7, 11) is 1.89. The van der Waals surface area contributed by atoms with E-state index in [-0.39, 0.29) is 17.9 Å². The molecule has 1 amide bonds. The van der Waals surface area contributed by atoms with Crippen LogP contribution in [-0.4, -0.2) is 20.7 Å². The first-order chi connectivity index (χ1) is 14.3. The summed E-state index contributed by atoms with van der Waals surface area (Å²) in [6, 6.07) is 12.1. The lowest BCUT2D eigenvalue weighted by molar-refractivity contribution is 0.0922. The summed E-state index contributed by atoms with van der Waals surface area (Å²) in [6.07, 6.45) is 0. The molecule has 30 heavy (non-hydrogen) atoms. The Morgan fingerprint density at radius 3 is 2.50 bits per heavy atom. The van der Waals surface area contributed by atoms with Crippen molar-refractivity contribution in [2.75, 3.05) is 0 Å². The molecule has 2 aromatic carbocycles. The van der Waals surface area contributed by atoms with Crippen molar-refractivity contribution in [2.24, 2.45) is 13.0 Å². The minimum absolute atomic E-state index is 0.0999. The first-order valence-corrected chi connectivity index (χ1v) is 11.4. The molecule has 0 unspecified atom stereocenters. The van der Waals surface area contributed by atoms with Crippen LogP contribution >= 0.6 is 46.6 Å². The Morgan fingerprint density at radius 2 is 1.83 bits per heavy atom. The third-order valence-electron chi connectivity index (χ3n) is 4.59. The predicted octanol–water partition coefficient (Wildman–Crippen LogP) is 6.19. The van der Waals surface area contributed by atoms with Crippen LogP contribution in [0.4, 0.5) is 0 Å². The van der Waals surface area contributed by atoms with Crippen LogP contribution in [0.25, 0.3) is 0 Å². The molecule has 158 valence electrons. The van der Waals surface area contributed by atoms with Gasteiger partial charge in [0.05, 0.1) is 16.6 Å². The van der Waals surface area contributed by atoms with Crippen molar-refractivity contribution in [1.82, 2.24) is 20.1 Å². The van der Waals surface area contributed by atoms with E-state index in [1.54, 1.807) is 30.3 Å². The van der Waals surface area contributed by atoms with E-state index in [1.807, 2.05) is 37.6 Å². The highest BCUT2D eigenvalue weighted by Crippen LogP contribution is 2.30. The molecular weight excluding hydrogens is 463 g/mol. The molecule has 5 nitrogen and oxygen atoms in total. The lowest BCUT2D eigenvalue weighted by Crippen LogP contribution is -2.33. The Hall–Kier alpha value is -1.73. The number of thioether (sulfide) groups is 1. The number of hydrogen-bond acceptors (Lipinski definition) is 4. The van der Waals surface area contributed by atoms with E-state index >= 15 is 0 Å². The van der Waals surface area contributed by atoms with Gasteiger partial charge in [-0.3, -0.25) is 4.79 Å². The number of rotatable bonds is 7. The SMILES string of the molecule is CC(C)[C@H](NC(=O)c1ccccc1Cl)c1nnc(SCc2ccc(Cl)cc2Cl)n1C. The molecule has 1 heterocycles. The molecule has 3 rings (SSSR count). The van der Waals surface area contributed by atoms with Gasteiger partial charge < -0.3 is 9.88 Å². The van der Waals surface area contributed by atoms with E-state index in [2.05, 4.69) is 15.5 Å². The van der Waals surface area contributed by atoms with Gasteiger partial charge in [0.25, 0.3) is 5.91 Å². The molecule has 0 aliphatic carbocycles. The van der Waals surface area contributed by atoms with Crippen molar-refractivity contribution >= 4 is 52.5 Å². The summed E-state index contributed by atoms with van der Waals surface area (Å²) < 4.78 is 1.89. The van der Waals surface area contributed by atoms with E-state index in [0.29, 0.717) is 32.2 Å². The van der Waals surface area contributed by atoms with Crippen LogP contribution in [0, 0.1) is 5.92 Å². The van der Waals surface area contributed by atoms with E-state index < -0.39 is 0 Å². The lowest BCUT2D eigenvalue weighted by Gasteiger charge is -2.22. The maximum Gasteiger partial charge on any atom is 0.253 e. The average molecular weight is 484 g/mol. The zero-order chi connectivity index (χ0) is 21.8. The number of nitrogens with zero attached hydrogens (tertiary/aromatic N) is 3. The Morgan fingerprint density at radius 1 is 1.10 bits per heavy atom. The Balaban J connectivity index is 1.77. The predicted molar refractivity (Wildman–Crippen MR) is 124 cm³/mol. The minimum Gasteiger partial charge on any atom is -0.342 e.